The Morgan fingerprint density at radius 2 is 2.00 bits per heavy atom. The molecular formula is C15H29P. The average Bonchev–Trinajstić information content (AvgIpc) is 2.15. The Bertz CT molecular complexity index is 207. The van der Waals surface area contributed by atoms with E-state index in [-0.39, 0.29) is 7.92 Å². The Kier molecular flexibility index (Phi) is 6.05. The van der Waals surface area contributed by atoms with E-state index >= 15 is 0 Å². The zero-order chi connectivity index (χ0) is 12.1. The summed E-state index contributed by atoms with van der Waals surface area (Å²) in [4.78, 5) is 0. The standard InChI is InChI=1S/C15H29P/c1-6-15(16(5)7-2)13(4)11-12(3)14-9-8-10-14/h6,12-15H,1,7-11H2,2-5H3. The van der Waals surface area contributed by atoms with E-state index in [2.05, 4.69) is 40.1 Å². The maximum atomic E-state index is 4.05. The van der Waals surface area contributed by atoms with Crippen LogP contribution in [0, 0.1) is 17.8 Å². The summed E-state index contributed by atoms with van der Waals surface area (Å²) >= 11 is 0. The molecule has 0 amide bonds. The minimum absolute atomic E-state index is 0.165. The highest BCUT2D eigenvalue weighted by Gasteiger charge is 2.27. The van der Waals surface area contributed by atoms with Crippen LogP contribution >= 0.6 is 7.92 Å². The molecule has 0 saturated heterocycles. The van der Waals surface area contributed by atoms with Gasteiger partial charge in [-0.3, -0.25) is 0 Å². The minimum atomic E-state index is 0.165. The Hall–Kier alpha value is 0.170. The first-order chi connectivity index (χ1) is 7.60. The van der Waals surface area contributed by atoms with Gasteiger partial charge in [0.1, 0.15) is 0 Å². The second-order valence-corrected chi connectivity index (χ2v) is 8.42. The monoisotopic (exact) mass is 240 g/mol. The van der Waals surface area contributed by atoms with Crippen LogP contribution in [-0.2, 0) is 0 Å². The Balaban J connectivity index is 2.41. The van der Waals surface area contributed by atoms with Gasteiger partial charge in [-0.1, -0.05) is 46.1 Å². The second-order valence-electron chi connectivity index (χ2n) is 5.68. The van der Waals surface area contributed by atoms with Crippen molar-refractivity contribution in [3.8, 4) is 0 Å². The fourth-order valence-electron chi connectivity index (χ4n) is 2.98. The molecule has 0 spiro atoms. The van der Waals surface area contributed by atoms with Gasteiger partial charge in [-0.25, -0.2) is 0 Å². The molecule has 1 fully saturated rings. The molecule has 1 aliphatic carbocycles. The summed E-state index contributed by atoms with van der Waals surface area (Å²) in [7, 11) is 0.165. The van der Waals surface area contributed by atoms with Crippen molar-refractivity contribution in [1.29, 1.82) is 0 Å². The molecule has 1 aliphatic rings. The van der Waals surface area contributed by atoms with E-state index in [1.165, 1.54) is 31.8 Å². The Morgan fingerprint density at radius 1 is 1.38 bits per heavy atom. The summed E-state index contributed by atoms with van der Waals surface area (Å²) in [5, 5.41) is 0. The highest BCUT2D eigenvalue weighted by atomic mass is 31.1. The first-order valence-corrected chi connectivity index (χ1v) is 8.97. The lowest BCUT2D eigenvalue weighted by Crippen LogP contribution is -2.24. The lowest BCUT2D eigenvalue weighted by Gasteiger charge is -2.35. The van der Waals surface area contributed by atoms with Crippen molar-refractivity contribution in [2.75, 3.05) is 12.8 Å². The topological polar surface area (TPSA) is 0 Å². The van der Waals surface area contributed by atoms with Crippen LogP contribution in [-0.4, -0.2) is 18.5 Å². The molecule has 0 radical (unpaired) electrons. The van der Waals surface area contributed by atoms with Gasteiger partial charge in [-0.15, -0.1) is 14.5 Å². The Labute approximate surface area is 104 Å². The maximum absolute atomic E-state index is 4.05. The molecule has 0 N–H and O–H groups in total. The number of rotatable bonds is 7. The summed E-state index contributed by atoms with van der Waals surface area (Å²) < 4.78 is 0. The highest BCUT2D eigenvalue weighted by Crippen LogP contribution is 2.44. The molecule has 0 heterocycles. The van der Waals surface area contributed by atoms with E-state index in [4.69, 9.17) is 0 Å². The van der Waals surface area contributed by atoms with Crippen LogP contribution in [0.25, 0.3) is 0 Å². The third-order valence-corrected chi connectivity index (χ3v) is 7.27. The van der Waals surface area contributed by atoms with E-state index in [0.29, 0.717) is 0 Å². The van der Waals surface area contributed by atoms with Crippen LogP contribution in [0.3, 0.4) is 0 Å². The molecular weight excluding hydrogens is 211 g/mol. The molecule has 1 heteroatoms. The second kappa shape index (κ2) is 6.80. The van der Waals surface area contributed by atoms with Crippen LogP contribution in [0.15, 0.2) is 12.7 Å². The predicted octanol–water partition coefficient (Wildman–Crippen LogP) is 5.14. The van der Waals surface area contributed by atoms with Gasteiger partial charge in [0, 0.05) is 0 Å². The van der Waals surface area contributed by atoms with E-state index in [1.807, 2.05) is 0 Å². The molecule has 4 unspecified atom stereocenters. The van der Waals surface area contributed by atoms with Gasteiger partial charge >= 0.3 is 0 Å². The van der Waals surface area contributed by atoms with Gasteiger partial charge in [0.25, 0.3) is 0 Å². The normalized spacial score (nSPS) is 24.2. The molecule has 0 bridgehead atoms. The molecule has 0 aromatic heterocycles. The number of hydrogen-bond donors (Lipinski definition) is 0. The summed E-state index contributed by atoms with van der Waals surface area (Å²) in [5.41, 5.74) is 0.780. The van der Waals surface area contributed by atoms with E-state index in [0.717, 1.165) is 23.4 Å². The largest absolute Gasteiger partial charge is 0.103 e. The van der Waals surface area contributed by atoms with Gasteiger partial charge in [-0.05, 0) is 42.7 Å². The van der Waals surface area contributed by atoms with Crippen molar-refractivity contribution >= 4 is 7.92 Å². The fourth-order valence-corrected chi connectivity index (χ4v) is 4.76. The zero-order valence-corrected chi connectivity index (χ0v) is 12.5. The smallest absolute Gasteiger partial charge is 0.000909 e. The molecule has 0 aliphatic heterocycles. The van der Waals surface area contributed by atoms with Crippen molar-refractivity contribution in [2.24, 2.45) is 17.8 Å². The van der Waals surface area contributed by atoms with Crippen LogP contribution in [0.2, 0.25) is 0 Å². The lowest BCUT2D eigenvalue weighted by atomic mass is 9.73. The van der Waals surface area contributed by atoms with Crippen molar-refractivity contribution < 1.29 is 0 Å². The van der Waals surface area contributed by atoms with Crippen LogP contribution in [0.5, 0.6) is 0 Å². The Morgan fingerprint density at radius 3 is 2.38 bits per heavy atom. The fraction of sp³-hybridized carbons (Fsp3) is 0.867. The van der Waals surface area contributed by atoms with Gasteiger partial charge in [0.15, 0.2) is 0 Å². The summed E-state index contributed by atoms with van der Waals surface area (Å²) in [6.45, 7) is 13.7. The van der Waals surface area contributed by atoms with Gasteiger partial charge in [-0.2, -0.15) is 0 Å². The molecule has 94 valence electrons. The maximum Gasteiger partial charge on any atom is -0.000909 e. The summed E-state index contributed by atoms with van der Waals surface area (Å²) in [6.07, 6.45) is 9.43. The molecule has 4 atom stereocenters. The van der Waals surface area contributed by atoms with Crippen LogP contribution < -0.4 is 0 Å². The van der Waals surface area contributed by atoms with Crippen molar-refractivity contribution in [2.45, 2.75) is 52.1 Å². The summed E-state index contributed by atoms with van der Waals surface area (Å²) in [6, 6.07) is 0. The summed E-state index contributed by atoms with van der Waals surface area (Å²) in [5.74, 6) is 2.81. The van der Waals surface area contributed by atoms with E-state index in [1.54, 1.807) is 0 Å². The number of hydrogen-bond acceptors (Lipinski definition) is 0. The zero-order valence-electron chi connectivity index (χ0n) is 11.6. The minimum Gasteiger partial charge on any atom is -0.103 e. The molecule has 1 rings (SSSR count). The van der Waals surface area contributed by atoms with Crippen molar-refractivity contribution in [3.63, 3.8) is 0 Å². The quantitative estimate of drug-likeness (QED) is 0.427. The van der Waals surface area contributed by atoms with Gasteiger partial charge in [0.05, 0.1) is 0 Å². The molecule has 0 aromatic carbocycles. The molecule has 0 nitrogen and oxygen atoms in total. The van der Waals surface area contributed by atoms with Gasteiger partial charge < -0.3 is 0 Å². The van der Waals surface area contributed by atoms with Crippen LogP contribution in [0.1, 0.15) is 46.5 Å². The average molecular weight is 240 g/mol. The first-order valence-electron chi connectivity index (χ1n) is 6.92. The molecule has 16 heavy (non-hydrogen) atoms. The molecule has 0 aromatic rings. The molecule has 1 saturated carbocycles. The van der Waals surface area contributed by atoms with E-state index < -0.39 is 0 Å². The third kappa shape index (κ3) is 3.59. The van der Waals surface area contributed by atoms with Crippen LogP contribution in [0.4, 0.5) is 0 Å². The number of allylic oxidation sites excluding steroid dienone is 1. The van der Waals surface area contributed by atoms with Crippen molar-refractivity contribution in [3.05, 3.63) is 12.7 Å². The van der Waals surface area contributed by atoms with Crippen molar-refractivity contribution in [1.82, 2.24) is 0 Å². The van der Waals surface area contributed by atoms with E-state index in [9.17, 15) is 0 Å². The third-order valence-electron chi connectivity index (χ3n) is 4.53. The highest BCUT2D eigenvalue weighted by molar-refractivity contribution is 7.57. The lowest BCUT2D eigenvalue weighted by molar-refractivity contribution is 0.193. The predicted molar refractivity (Wildman–Crippen MR) is 77.7 cm³/mol. The first kappa shape index (κ1) is 14.2. The SMILES string of the molecule is C=CC(C(C)CC(C)C1CCC1)P(C)CC. The van der Waals surface area contributed by atoms with Gasteiger partial charge in [0.2, 0.25) is 0 Å².